The number of imide groups is 1. The molecule has 0 aliphatic carbocycles. The molecule has 2 aliphatic heterocycles. The number of urea groups is 1. The van der Waals surface area contributed by atoms with E-state index in [1.165, 1.54) is 9.80 Å². The summed E-state index contributed by atoms with van der Waals surface area (Å²) in [4.78, 5) is 39.5. The van der Waals surface area contributed by atoms with Crippen LogP contribution in [0.5, 0.6) is 0 Å². The molecular formula is C21H18N4O3. The van der Waals surface area contributed by atoms with Gasteiger partial charge in [0.25, 0.3) is 5.91 Å². The molecule has 2 aromatic carbocycles. The van der Waals surface area contributed by atoms with E-state index in [0.29, 0.717) is 5.56 Å². The first-order valence-corrected chi connectivity index (χ1v) is 9.00. The molecule has 2 unspecified atom stereocenters. The van der Waals surface area contributed by atoms with E-state index in [0.717, 1.165) is 16.7 Å². The number of nitrogens with zero attached hydrogens (tertiary/aromatic N) is 3. The summed E-state index contributed by atoms with van der Waals surface area (Å²) in [7, 11) is 0. The lowest BCUT2D eigenvalue weighted by Crippen LogP contribution is -2.54. The van der Waals surface area contributed by atoms with Crippen molar-refractivity contribution in [2.24, 2.45) is 0 Å². The number of carbonyl (C=O) groups is 3. The van der Waals surface area contributed by atoms with Crippen LogP contribution in [0.2, 0.25) is 0 Å². The second-order valence-electron chi connectivity index (χ2n) is 6.93. The first kappa shape index (κ1) is 17.7. The summed E-state index contributed by atoms with van der Waals surface area (Å²) < 4.78 is 0. The Morgan fingerprint density at radius 2 is 1.86 bits per heavy atom. The van der Waals surface area contributed by atoms with Crippen LogP contribution < -0.4 is 5.32 Å². The minimum absolute atomic E-state index is 0.0906. The van der Waals surface area contributed by atoms with E-state index in [-0.39, 0.29) is 24.9 Å². The van der Waals surface area contributed by atoms with Crippen LogP contribution >= 0.6 is 0 Å². The van der Waals surface area contributed by atoms with Crippen LogP contribution in [0.25, 0.3) is 11.1 Å². The fourth-order valence-electron chi connectivity index (χ4n) is 3.68. The van der Waals surface area contributed by atoms with Crippen molar-refractivity contribution in [2.45, 2.75) is 19.0 Å². The maximum atomic E-state index is 12.7. The lowest BCUT2D eigenvalue weighted by atomic mass is 9.99. The predicted molar refractivity (Wildman–Crippen MR) is 101 cm³/mol. The van der Waals surface area contributed by atoms with Gasteiger partial charge in [0, 0.05) is 6.54 Å². The van der Waals surface area contributed by atoms with E-state index >= 15 is 0 Å². The summed E-state index contributed by atoms with van der Waals surface area (Å²) in [5, 5.41) is 11.7. The minimum atomic E-state index is -0.624. The fourth-order valence-corrected chi connectivity index (χ4v) is 3.68. The summed E-state index contributed by atoms with van der Waals surface area (Å²) in [5.41, 5.74) is 3.27. The van der Waals surface area contributed by atoms with Crippen LogP contribution in [0, 0.1) is 11.3 Å². The van der Waals surface area contributed by atoms with Crippen LogP contribution in [-0.4, -0.2) is 46.8 Å². The molecule has 4 amide bonds. The molecule has 0 saturated carbocycles. The zero-order chi connectivity index (χ0) is 19.8. The second-order valence-corrected chi connectivity index (χ2v) is 6.93. The molecule has 0 bridgehead atoms. The van der Waals surface area contributed by atoms with Gasteiger partial charge >= 0.3 is 6.03 Å². The highest BCUT2D eigenvalue weighted by Gasteiger charge is 2.49. The van der Waals surface area contributed by atoms with Crippen molar-refractivity contribution in [3.8, 4) is 17.2 Å². The average Bonchev–Trinajstić information content (AvgIpc) is 2.97. The molecule has 7 nitrogen and oxygen atoms in total. The van der Waals surface area contributed by atoms with E-state index in [1.807, 2.05) is 42.5 Å². The van der Waals surface area contributed by atoms with Gasteiger partial charge in [-0.15, -0.1) is 0 Å². The lowest BCUT2D eigenvalue weighted by Gasteiger charge is -2.26. The van der Waals surface area contributed by atoms with Crippen molar-refractivity contribution in [1.29, 1.82) is 5.26 Å². The van der Waals surface area contributed by atoms with Crippen LogP contribution in [0.3, 0.4) is 0 Å². The summed E-state index contributed by atoms with van der Waals surface area (Å²) in [6.45, 7) is 1.86. The molecular weight excluding hydrogens is 356 g/mol. The van der Waals surface area contributed by atoms with Crippen molar-refractivity contribution in [2.75, 3.05) is 13.1 Å². The minimum Gasteiger partial charge on any atom is -0.352 e. The third kappa shape index (κ3) is 2.89. The van der Waals surface area contributed by atoms with Crippen molar-refractivity contribution in [3.63, 3.8) is 0 Å². The summed E-state index contributed by atoms with van der Waals surface area (Å²) in [6.07, 6.45) is 0. The molecule has 0 spiro atoms. The molecule has 4 rings (SSSR count). The molecule has 2 heterocycles. The number of hydrogen-bond donors (Lipinski definition) is 1. The first-order valence-electron chi connectivity index (χ1n) is 9.00. The second kappa shape index (κ2) is 6.82. The Morgan fingerprint density at radius 1 is 1.11 bits per heavy atom. The van der Waals surface area contributed by atoms with Gasteiger partial charge < -0.3 is 10.2 Å². The molecule has 1 N–H and O–H groups in total. The highest BCUT2D eigenvalue weighted by molar-refractivity contribution is 6.07. The monoisotopic (exact) mass is 374 g/mol. The quantitative estimate of drug-likeness (QED) is 0.832. The fraction of sp³-hybridized carbons (Fsp3) is 0.238. The van der Waals surface area contributed by atoms with Crippen molar-refractivity contribution in [3.05, 3.63) is 59.7 Å². The Kier molecular flexibility index (Phi) is 4.32. The molecule has 2 saturated heterocycles. The van der Waals surface area contributed by atoms with Crippen molar-refractivity contribution >= 4 is 17.8 Å². The predicted octanol–water partition coefficient (Wildman–Crippen LogP) is 2.05. The van der Waals surface area contributed by atoms with Crippen LogP contribution in [0.15, 0.2) is 48.5 Å². The molecule has 140 valence electrons. The van der Waals surface area contributed by atoms with Gasteiger partial charge in [-0.2, -0.15) is 5.26 Å². The zero-order valence-electron chi connectivity index (χ0n) is 15.3. The van der Waals surface area contributed by atoms with Crippen molar-refractivity contribution < 1.29 is 14.4 Å². The summed E-state index contributed by atoms with van der Waals surface area (Å²) >= 11 is 0. The van der Waals surface area contributed by atoms with E-state index in [2.05, 4.69) is 11.4 Å². The van der Waals surface area contributed by atoms with Gasteiger partial charge in [-0.1, -0.05) is 36.4 Å². The van der Waals surface area contributed by atoms with Crippen LogP contribution in [-0.2, 0) is 9.59 Å². The Morgan fingerprint density at radius 3 is 2.57 bits per heavy atom. The SMILES string of the molecule is CC(c1ccc(-c2cccc(C#N)c2)cc1)N1C(=O)C2CNC(=O)CN2C1=O. The van der Waals surface area contributed by atoms with Gasteiger partial charge in [0.1, 0.15) is 12.6 Å². The number of hydrogen-bond acceptors (Lipinski definition) is 4. The number of nitrogens with one attached hydrogen (secondary N) is 1. The number of fused-ring (bicyclic) bond motifs is 1. The van der Waals surface area contributed by atoms with Gasteiger partial charge in [0.15, 0.2) is 0 Å². The summed E-state index contributed by atoms with van der Waals surface area (Å²) in [5.74, 6) is -0.542. The normalized spacial score (nSPS) is 19.9. The Hall–Kier alpha value is -3.66. The number of amides is 4. The van der Waals surface area contributed by atoms with Gasteiger partial charge in [-0.3, -0.25) is 14.5 Å². The number of piperazine rings is 1. The number of benzene rings is 2. The largest absolute Gasteiger partial charge is 0.352 e. The zero-order valence-corrected chi connectivity index (χ0v) is 15.3. The number of nitriles is 1. The van der Waals surface area contributed by atoms with Gasteiger partial charge in [0.05, 0.1) is 17.7 Å². The van der Waals surface area contributed by atoms with E-state index < -0.39 is 18.1 Å². The highest BCUT2D eigenvalue weighted by atomic mass is 16.2. The summed E-state index contributed by atoms with van der Waals surface area (Å²) in [6, 6.07) is 15.5. The molecule has 2 atom stereocenters. The molecule has 2 aromatic rings. The molecule has 0 radical (unpaired) electrons. The van der Waals surface area contributed by atoms with Gasteiger partial charge in [0.2, 0.25) is 5.91 Å². The van der Waals surface area contributed by atoms with Crippen molar-refractivity contribution in [1.82, 2.24) is 15.1 Å². The van der Waals surface area contributed by atoms with Crippen LogP contribution in [0.4, 0.5) is 4.79 Å². The Balaban J connectivity index is 1.57. The molecule has 28 heavy (non-hydrogen) atoms. The van der Waals surface area contributed by atoms with E-state index in [9.17, 15) is 14.4 Å². The third-order valence-corrected chi connectivity index (χ3v) is 5.26. The van der Waals surface area contributed by atoms with Gasteiger partial charge in [-0.05, 0) is 35.7 Å². The average molecular weight is 374 g/mol. The maximum absolute atomic E-state index is 12.7. The van der Waals surface area contributed by atoms with E-state index in [1.54, 1.807) is 13.0 Å². The smallest absolute Gasteiger partial charge is 0.328 e. The molecule has 7 heteroatoms. The number of rotatable bonds is 3. The van der Waals surface area contributed by atoms with E-state index in [4.69, 9.17) is 5.26 Å². The van der Waals surface area contributed by atoms with Crippen LogP contribution in [0.1, 0.15) is 24.1 Å². The highest BCUT2D eigenvalue weighted by Crippen LogP contribution is 2.30. The molecule has 2 aliphatic rings. The lowest BCUT2D eigenvalue weighted by molar-refractivity contribution is -0.131. The topological polar surface area (TPSA) is 93.5 Å². The third-order valence-electron chi connectivity index (χ3n) is 5.26. The number of carbonyl (C=O) groups excluding carboxylic acids is 3. The first-order chi connectivity index (χ1) is 13.5. The molecule has 0 aromatic heterocycles. The Bertz CT molecular complexity index is 1010. The van der Waals surface area contributed by atoms with Gasteiger partial charge in [-0.25, -0.2) is 4.79 Å². The maximum Gasteiger partial charge on any atom is 0.328 e. The Labute approximate surface area is 162 Å². The standard InChI is InChI=1S/C21H18N4O3/c1-13(25-20(27)18-11-23-19(26)12-24(18)21(25)28)15-5-7-16(8-6-15)17-4-2-3-14(9-17)10-22/h2-9,13,18H,11-12H2,1H3,(H,23,26). The molecule has 2 fully saturated rings.